The summed E-state index contributed by atoms with van der Waals surface area (Å²) in [6.07, 6.45) is -1.28. The number of hydrogen-bond donors (Lipinski definition) is 3. The van der Waals surface area contributed by atoms with Gasteiger partial charge in [0.15, 0.2) is 5.82 Å². The number of aliphatic imine (C=N–C) groups is 1. The molecule has 19 heteroatoms. The molecular weight excluding hydrogens is 992 g/mol. The molecule has 3 aromatic heterocycles. The molecule has 9 rings (SSSR count). The van der Waals surface area contributed by atoms with E-state index in [1.807, 2.05) is 65.8 Å². The van der Waals surface area contributed by atoms with Crippen LogP contribution in [-0.4, -0.2) is 118 Å². The highest BCUT2D eigenvalue weighted by Crippen LogP contribution is 2.40. The zero-order valence-corrected chi connectivity index (χ0v) is 44.4. The van der Waals surface area contributed by atoms with Gasteiger partial charge in [-0.1, -0.05) is 35.7 Å². The number of fused-ring (bicyclic) bond motifs is 4. The number of benzene rings is 3. The fourth-order valence-electron chi connectivity index (χ4n) is 10.2. The Balaban J connectivity index is 0.765. The van der Waals surface area contributed by atoms with Crippen molar-refractivity contribution in [1.82, 2.24) is 34.4 Å². The molecule has 0 saturated carbocycles. The van der Waals surface area contributed by atoms with E-state index in [9.17, 15) is 27.3 Å². The van der Waals surface area contributed by atoms with Crippen LogP contribution in [0.3, 0.4) is 0 Å². The lowest BCUT2D eigenvalue weighted by Gasteiger charge is -2.37. The van der Waals surface area contributed by atoms with Gasteiger partial charge in [-0.3, -0.25) is 24.0 Å². The van der Waals surface area contributed by atoms with Crippen LogP contribution in [0.1, 0.15) is 84.0 Å². The van der Waals surface area contributed by atoms with Crippen molar-refractivity contribution >= 4 is 75.2 Å². The van der Waals surface area contributed by atoms with Gasteiger partial charge in [0, 0.05) is 81.4 Å². The van der Waals surface area contributed by atoms with Crippen molar-refractivity contribution in [3.05, 3.63) is 117 Å². The molecular formula is C54H61ClF3N10O3PS. The minimum absolute atomic E-state index is 0.0688. The smallest absolute Gasteiger partial charge is 0.382 e. The molecule has 0 radical (unpaired) electrons. The summed E-state index contributed by atoms with van der Waals surface area (Å²) in [6.45, 7) is 13.6. The number of likely N-dealkylation sites (tertiary alicyclic amines) is 2. The topological polar surface area (TPSA) is 142 Å². The Bertz CT molecular complexity index is 3150. The third-order valence-electron chi connectivity index (χ3n) is 14.4. The van der Waals surface area contributed by atoms with Crippen molar-refractivity contribution in [2.75, 3.05) is 63.2 Å². The third kappa shape index (κ3) is 11.9. The monoisotopic (exact) mass is 1050 g/mol. The Labute approximate surface area is 433 Å². The van der Waals surface area contributed by atoms with Crippen LogP contribution in [0.25, 0.3) is 15.9 Å². The first-order valence-electron chi connectivity index (χ1n) is 24.8. The summed E-state index contributed by atoms with van der Waals surface area (Å²) in [7, 11) is -2.39. The number of thiophene rings is 1. The van der Waals surface area contributed by atoms with E-state index in [4.69, 9.17) is 16.6 Å². The molecule has 0 bridgehead atoms. The van der Waals surface area contributed by atoms with Crippen molar-refractivity contribution in [3.63, 3.8) is 0 Å². The first kappa shape index (κ1) is 52.0. The van der Waals surface area contributed by atoms with E-state index in [0.717, 1.165) is 75.6 Å². The van der Waals surface area contributed by atoms with Gasteiger partial charge in [-0.05, 0) is 139 Å². The van der Waals surface area contributed by atoms with Gasteiger partial charge < -0.3 is 30.0 Å². The summed E-state index contributed by atoms with van der Waals surface area (Å²) < 4.78 is 57.3. The van der Waals surface area contributed by atoms with E-state index in [0.29, 0.717) is 54.5 Å². The minimum atomic E-state index is -4.45. The molecule has 6 heterocycles. The van der Waals surface area contributed by atoms with E-state index >= 15 is 0 Å². The normalized spacial score (nSPS) is 17.3. The minimum Gasteiger partial charge on any atom is -0.382 e. The summed E-state index contributed by atoms with van der Waals surface area (Å²) in [5.41, 5.74) is 6.07. The van der Waals surface area contributed by atoms with Crippen molar-refractivity contribution in [2.45, 2.75) is 90.6 Å². The van der Waals surface area contributed by atoms with Gasteiger partial charge in [-0.2, -0.15) is 13.2 Å². The van der Waals surface area contributed by atoms with Gasteiger partial charge in [-0.15, -0.1) is 21.5 Å². The molecule has 13 nitrogen and oxygen atoms in total. The maximum Gasteiger partial charge on any atom is 0.406 e. The summed E-state index contributed by atoms with van der Waals surface area (Å²) in [6, 6.07) is 21.3. The van der Waals surface area contributed by atoms with Crippen molar-refractivity contribution in [3.8, 4) is 16.8 Å². The lowest BCUT2D eigenvalue weighted by Crippen LogP contribution is -2.49. The first-order chi connectivity index (χ1) is 34.8. The second-order valence-electron chi connectivity index (χ2n) is 19.9. The quantitative estimate of drug-likeness (QED) is 0.0768. The Morgan fingerprint density at radius 3 is 2.34 bits per heavy atom. The SMILES string of the molecule is Cc1sc2c(c1C)C(c1ccc(Cl)cc1)=N[C@@H](CC(=O)NC(C)C1CCN(C(=O)CN3CCC(Nc4cccc5c4cc(C#CCNc4ccc(P(C)(C)=O)cc4)n5CC(F)(F)F)CC3)CC1)c1nnc(C)n1-2. The van der Waals surface area contributed by atoms with Gasteiger partial charge in [-0.25, -0.2) is 0 Å². The van der Waals surface area contributed by atoms with Crippen LogP contribution in [-0.2, 0) is 20.7 Å². The maximum absolute atomic E-state index is 13.9. The van der Waals surface area contributed by atoms with Crippen LogP contribution in [0, 0.1) is 38.5 Å². The molecule has 2 fully saturated rings. The van der Waals surface area contributed by atoms with Gasteiger partial charge >= 0.3 is 6.18 Å². The average molecular weight is 1050 g/mol. The van der Waals surface area contributed by atoms with Crippen LogP contribution < -0.4 is 21.3 Å². The highest BCUT2D eigenvalue weighted by molar-refractivity contribution is 7.70. The van der Waals surface area contributed by atoms with E-state index in [-0.39, 0.29) is 48.5 Å². The van der Waals surface area contributed by atoms with Crippen LogP contribution in [0.2, 0.25) is 5.02 Å². The summed E-state index contributed by atoms with van der Waals surface area (Å²) in [5.74, 6) is 7.47. The standard InChI is InChI=1S/C54H61ClF3N10O3PS/c1-33-35(3)73-53-50(33)51(38-12-14-39(55)15-13-38)62-46(52-64-63-36(4)68(52)53)30-48(69)60-34(2)37-20-27-66(28-21-37)49(70)31-65-25-22-41(23-26-65)61-45-10-7-11-47-44(45)29-42(67(47)32-54(56,57)58)9-8-24-59-40-16-18-43(19-17-40)72(5,6)71/h7,10-19,29,34,37,41,46,59,61H,20-28,30-32H2,1-6H3,(H,60,69)/t34?,46-/m0/s1. The molecule has 73 heavy (non-hydrogen) atoms. The number of anilines is 2. The molecule has 3 N–H and O–H groups in total. The van der Waals surface area contributed by atoms with Gasteiger partial charge in [0.2, 0.25) is 11.8 Å². The lowest BCUT2D eigenvalue weighted by atomic mass is 9.90. The largest absolute Gasteiger partial charge is 0.406 e. The predicted molar refractivity (Wildman–Crippen MR) is 287 cm³/mol. The second-order valence-corrected chi connectivity index (χ2v) is 24.8. The number of nitrogens with zero attached hydrogens (tertiary/aromatic N) is 7. The first-order valence-corrected chi connectivity index (χ1v) is 28.6. The predicted octanol–water partition coefficient (Wildman–Crippen LogP) is 9.74. The number of halogens is 4. The molecule has 2 saturated heterocycles. The summed E-state index contributed by atoms with van der Waals surface area (Å²) in [5, 5.41) is 22.1. The van der Waals surface area contributed by atoms with E-state index in [1.165, 1.54) is 9.44 Å². The number of nitrogens with one attached hydrogen (secondary N) is 3. The highest BCUT2D eigenvalue weighted by atomic mass is 35.5. The van der Waals surface area contributed by atoms with Crippen LogP contribution >= 0.6 is 30.1 Å². The molecule has 3 aliphatic heterocycles. The lowest BCUT2D eigenvalue weighted by molar-refractivity contribution is -0.140. The fraction of sp³-hybridized carbons (Fsp3) is 0.426. The Morgan fingerprint density at radius 1 is 0.945 bits per heavy atom. The van der Waals surface area contributed by atoms with E-state index in [2.05, 4.69) is 56.7 Å². The molecule has 6 aromatic rings. The molecule has 2 atom stereocenters. The number of rotatable bonds is 13. The molecule has 3 aliphatic rings. The molecule has 2 amide bonds. The number of hydrogen-bond acceptors (Lipinski definition) is 10. The van der Waals surface area contributed by atoms with Gasteiger partial charge in [0.1, 0.15) is 30.6 Å². The zero-order chi connectivity index (χ0) is 51.8. The van der Waals surface area contributed by atoms with Crippen LogP contribution in [0.5, 0.6) is 0 Å². The van der Waals surface area contributed by atoms with Crippen LogP contribution in [0.15, 0.2) is 77.8 Å². The number of amides is 2. The van der Waals surface area contributed by atoms with Gasteiger partial charge in [0.05, 0.1) is 36.4 Å². The molecule has 3 aromatic carbocycles. The van der Waals surface area contributed by atoms with E-state index < -0.39 is 25.9 Å². The zero-order valence-electron chi connectivity index (χ0n) is 41.9. The number of carbonyl (C=O) groups excluding carboxylic acids is 2. The summed E-state index contributed by atoms with van der Waals surface area (Å²) in [4.78, 5) is 38.1. The molecule has 384 valence electrons. The number of alkyl halides is 3. The number of aromatic nitrogens is 4. The third-order valence-corrected chi connectivity index (χ3v) is 17.4. The van der Waals surface area contributed by atoms with Crippen molar-refractivity contribution in [1.29, 1.82) is 0 Å². The van der Waals surface area contributed by atoms with Gasteiger partial charge in [0.25, 0.3) is 0 Å². The molecule has 0 aliphatic carbocycles. The van der Waals surface area contributed by atoms with Crippen LogP contribution in [0.4, 0.5) is 24.5 Å². The number of aryl methyl sites for hydroxylation is 2. The second kappa shape index (κ2) is 21.5. The Hall–Kier alpha value is -5.92. The highest BCUT2D eigenvalue weighted by Gasteiger charge is 2.35. The average Bonchev–Trinajstić information content (AvgIpc) is 3.97. The van der Waals surface area contributed by atoms with Crippen molar-refractivity contribution < 1.29 is 27.3 Å². The Kier molecular flexibility index (Phi) is 15.3. The van der Waals surface area contributed by atoms with Crippen molar-refractivity contribution in [2.24, 2.45) is 10.9 Å². The molecule has 0 spiro atoms. The maximum atomic E-state index is 13.9. The van der Waals surface area contributed by atoms with E-state index in [1.54, 1.807) is 55.0 Å². The molecule has 1 unspecified atom stereocenters. The number of carbonyl (C=O) groups is 2. The Morgan fingerprint density at radius 2 is 1.66 bits per heavy atom. The summed E-state index contributed by atoms with van der Waals surface area (Å²) >= 11 is 7.95. The number of piperidine rings is 2. The fourth-order valence-corrected chi connectivity index (χ4v) is 12.4.